The van der Waals surface area contributed by atoms with Gasteiger partial charge in [0, 0.05) is 16.7 Å². The smallest absolute Gasteiger partial charge is 0.313 e. The van der Waals surface area contributed by atoms with Crippen molar-refractivity contribution in [1.29, 1.82) is 0 Å². The quantitative estimate of drug-likeness (QED) is 0.650. The summed E-state index contributed by atoms with van der Waals surface area (Å²) in [5, 5.41) is 2.26. The predicted octanol–water partition coefficient (Wildman–Crippen LogP) is 0.886. The number of carbonyl (C=O) groups is 4. The van der Waals surface area contributed by atoms with Gasteiger partial charge in [-0.3, -0.25) is 19.2 Å². The molecule has 6 nitrogen and oxygen atoms in total. The second kappa shape index (κ2) is 4.92. The molecule has 0 fully saturated rings. The van der Waals surface area contributed by atoms with Gasteiger partial charge in [-0.15, -0.1) is 0 Å². The lowest BCUT2D eigenvalue weighted by Crippen LogP contribution is -2.31. The fraction of sp³-hybridized carbons (Fsp3) is 0. The summed E-state index contributed by atoms with van der Waals surface area (Å²) in [7, 11) is 0. The van der Waals surface area contributed by atoms with Crippen LogP contribution in [0, 0.1) is 0 Å². The lowest BCUT2D eigenvalue weighted by Gasteiger charge is -2.19. The van der Waals surface area contributed by atoms with Crippen LogP contribution in [0.2, 0.25) is 0 Å². The van der Waals surface area contributed by atoms with Gasteiger partial charge in [0.25, 0.3) is 0 Å². The average molecular weight is 294 g/mol. The van der Waals surface area contributed by atoms with Gasteiger partial charge in [0.2, 0.25) is 0 Å². The van der Waals surface area contributed by atoms with Crippen LogP contribution < -0.4 is 11.1 Å². The molecule has 0 saturated heterocycles. The number of hydrogen-bond donors (Lipinski definition) is 2. The first-order valence-corrected chi connectivity index (χ1v) is 6.43. The molecular weight excluding hydrogens is 284 g/mol. The summed E-state index contributed by atoms with van der Waals surface area (Å²) in [6.45, 7) is 0. The number of hydrogen-bond acceptors (Lipinski definition) is 4. The highest BCUT2D eigenvalue weighted by atomic mass is 16.2. The zero-order valence-corrected chi connectivity index (χ0v) is 11.3. The van der Waals surface area contributed by atoms with E-state index in [1.807, 2.05) is 0 Å². The van der Waals surface area contributed by atoms with Crippen molar-refractivity contribution >= 4 is 29.1 Å². The van der Waals surface area contributed by atoms with Crippen LogP contribution in [0.5, 0.6) is 0 Å². The van der Waals surface area contributed by atoms with Gasteiger partial charge in [-0.2, -0.15) is 0 Å². The summed E-state index contributed by atoms with van der Waals surface area (Å²) in [6, 6.07) is 10.9. The predicted molar refractivity (Wildman–Crippen MR) is 77.6 cm³/mol. The Bertz CT molecular complexity index is 855. The maximum Gasteiger partial charge on any atom is 0.313 e. The molecule has 3 rings (SSSR count). The Morgan fingerprint density at radius 1 is 0.818 bits per heavy atom. The molecular formula is C16H10N2O4. The lowest BCUT2D eigenvalue weighted by molar-refractivity contribution is -0.134. The first-order valence-electron chi connectivity index (χ1n) is 6.43. The number of nitrogens with two attached hydrogens (primary N) is 1. The summed E-state index contributed by atoms with van der Waals surface area (Å²) in [5.41, 5.74) is 5.83. The number of benzene rings is 2. The van der Waals surface area contributed by atoms with E-state index in [9.17, 15) is 19.2 Å². The Labute approximate surface area is 124 Å². The topological polar surface area (TPSA) is 106 Å². The minimum Gasteiger partial charge on any atom is -0.361 e. The number of primary amides is 1. The van der Waals surface area contributed by atoms with Gasteiger partial charge in [0.15, 0.2) is 11.6 Å². The highest BCUT2D eigenvalue weighted by Crippen LogP contribution is 2.31. The van der Waals surface area contributed by atoms with Crippen LogP contribution >= 0.6 is 0 Å². The Balaban J connectivity index is 2.17. The second-order valence-corrected chi connectivity index (χ2v) is 4.75. The van der Waals surface area contributed by atoms with Gasteiger partial charge in [-0.25, -0.2) is 0 Å². The average Bonchev–Trinajstić information content (AvgIpc) is 2.52. The Morgan fingerprint density at radius 3 is 2.05 bits per heavy atom. The molecule has 2 amide bonds. The zero-order valence-electron chi connectivity index (χ0n) is 11.3. The van der Waals surface area contributed by atoms with E-state index in [2.05, 4.69) is 5.32 Å². The first kappa shape index (κ1) is 13.7. The van der Waals surface area contributed by atoms with Gasteiger partial charge in [-0.05, 0) is 6.07 Å². The van der Waals surface area contributed by atoms with Gasteiger partial charge in [0.05, 0.1) is 11.3 Å². The van der Waals surface area contributed by atoms with E-state index in [-0.39, 0.29) is 33.9 Å². The van der Waals surface area contributed by atoms with Crippen LogP contribution in [0.3, 0.4) is 0 Å². The lowest BCUT2D eigenvalue weighted by atomic mass is 9.83. The molecule has 108 valence electrons. The number of nitrogens with one attached hydrogen (secondary N) is 1. The third kappa shape index (κ3) is 1.98. The SMILES string of the molecule is NC(=O)C(=O)Nc1cccc2c1C(=O)c1ccccc1C2=O. The van der Waals surface area contributed by atoms with Gasteiger partial charge >= 0.3 is 11.8 Å². The van der Waals surface area contributed by atoms with Crippen molar-refractivity contribution in [2.24, 2.45) is 5.73 Å². The van der Waals surface area contributed by atoms with E-state index >= 15 is 0 Å². The third-order valence-electron chi connectivity index (χ3n) is 3.42. The van der Waals surface area contributed by atoms with E-state index in [0.29, 0.717) is 5.56 Å². The van der Waals surface area contributed by atoms with Gasteiger partial charge < -0.3 is 11.1 Å². The fourth-order valence-corrected chi connectivity index (χ4v) is 2.43. The maximum absolute atomic E-state index is 12.6. The molecule has 0 aromatic heterocycles. The van der Waals surface area contributed by atoms with Crippen molar-refractivity contribution in [2.75, 3.05) is 5.32 Å². The van der Waals surface area contributed by atoms with Crippen molar-refractivity contribution < 1.29 is 19.2 Å². The zero-order chi connectivity index (χ0) is 15.9. The summed E-state index contributed by atoms with van der Waals surface area (Å²) >= 11 is 0. The highest BCUT2D eigenvalue weighted by Gasteiger charge is 2.31. The van der Waals surface area contributed by atoms with Crippen molar-refractivity contribution in [3.05, 3.63) is 64.7 Å². The number of amides is 2. The number of fused-ring (bicyclic) bond motifs is 2. The largest absolute Gasteiger partial charge is 0.361 e. The van der Waals surface area contributed by atoms with Crippen molar-refractivity contribution in [2.45, 2.75) is 0 Å². The minimum atomic E-state index is -1.17. The van der Waals surface area contributed by atoms with Crippen molar-refractivity contribution in [3.63, 3.8) is 0 Å². The van der Waals surface area contributed by atoms with Gasteiger partial charge in [0.1, 0.15) is 0 Å². The molecule has 0 atom stereocenters. The minimum absolute atomic E-state index is 0.0702. The molecule has 22 heavy (non-hydrogen) atoms. The second-order valence-electron chi connectivity index (χ2n) is 4.75. The van der Waals surface area contributed by atoms with Crippen LogP contribution in [0.25, 0.3) is 0 Å². The number of anilines is 1. The number of carbonyl (C=O) groups excluding carboxylic acids is 4. The van der Waals surface area contributed by atoms with Crippen LogP contribution in [0.15, 0.2) is 42.5 Å². The molecule has 2 aromatic rings. The van der Waals surface area contributed by atoms with Crippen LogP contribution in [-0.4, -0.2) is 23.4 Å². The Hall–Kier alpha value is -3.28. The summed E-state index contributed by atoms with van der Waals surface area (Å²) in [6.07, 6.45) is 0. The molecule has 6 heteroatoms. The molecule has 0 spiro atoms. The van der Waals surface area contributed by atoms with Crippen LogP contribution in [0.1, 0.15) is 31.8 Å². The van der Waals surface area contributed by atoms with E-state index < -0.39 is 11.8 Å². The summed E-state index contributed by atoms with van der Waals surface area (Å²) in [4.78, 5) is 47.4. The molecule has 3 N–H and O–H groups in total. The van der Waals surface area contributed by atoms with Crippen LogP contribution in [0.4, 0.5) is 5.69 Å². The fourth-order valence-electron chi connectivity index (χ4n) is 2.43. The number of rotatable bonds is 1. The molecule has 0 radical (unpaired) electrons. The molecule has 0 unspecified atom stereocenters. The molecule has 0 saturated carbocycles. The molecule has 2 aromatic carbocycles. The third-order valence-corrected chi connectivity index (χ3v) is 3.42. The molecule has 0 heterocycles. The Morgan fingerprint density at radius 2 is 1.41 bits per heavy atom. The standard InChI is InChI=1S/C16H10N2O4/c17-15(21)16(22)18-11-7-3-6-10-12(11)14(20)9-5-2-1-4-8(9)13(10)19/h1-7H,(H2,17,21)(H,18,22). The highest BCUT2D eigenvalue weighted by molar-refractivity contribution is 6.40. The maximum atomic E-state index is 12.6. The number of ketones is 2. The molecule has 1 aliphatic rings. The monoisotopic (exact) mass is 294 g/mol. The summed E-state index contributed by atoms with van der Waals surface area (Å²) in [5.74, 6) is -2.91. The Kier molecular flexibility index (Phi) is 3.06. The van der Waals surface area contributed by atoms with E-state index in [1.54, 1.807) is 24.3 Å². The van der Waals surface area contributed by atoms with E-state index in [1.165, 1.54) is 18.2 Å². The van der Waals surface area contributed by atoms with Gasteiger partial charge in [-0.1, -0.05) is 36.4 Å². The normalized spacial score (nSPS) is 12.4. The molecule has 0 bridgehead atoms. The molecule has 1 aliphatic carbocycles. The van der Waals surface area contributed by atoms with E-state index in [4.69, 9.17) is 5.73 Å². The van der Waals surface area contributed by atoms with Crippen LogP contribution in [-0.2, 0) is 9.59 Å². The van der Waals surface area contributed by atoms with E-state index in [0.717, 1.165) is 0 Å². The van der Waals surface area contributed by atoms with Crippen molar-refractivity contribution in [3.8, 4) is 0 Å². The first-order chi connectivity index (χ1) is 10.5. The molecule has 0 aliphatic heterocycles. The summed E-state index contributed by atoms with van der Waals surface area (Å²) < 4.78 is 0. The van der Waals surface area contributed by atoms with Crippen molar-refractivity contribution in [1.82, 2.24) is 0 Å².